The van der Waals surface area contributed by atoms with Gasteiger partial charge in [-0.2, -0.15) is 4.98 Å². The quantitative estimate of drug-likeness (QED) is 0.579. The highest BCUT2D eigenvalue weighted by molar-refractivity contribution is 7.90. The highest BCUT2D eigenvalue weighted by atomic mass is 32.2. The van der Waals surface area contributed by atoms with E-state index in [0.717, 1.165) is 6.26 Å². The number of fused-ring (bicyclic) bond motifs is 1. The Kier molecular flexibility index (Phi) is 5.72. The molecular formula is C19H22N6O5S. The summed E-state index contributed by atoms with van der Waals surface area (Å²) in [4.78, 5) is 22.2. The van der Waals surface area contributed by atoms with E-state index in [9.17, 15) is 13.2 Å². The zero-order valence-electron chi connectivity index (χ0n) is 17.1. The molecule has 1 fully saturated rings. The van der Waals surface area contributed by atoms with Crippen LogP contribution in [0, 0.1) is 0 Å². The average molecular weight is 446 g/mol. The van der Waals surface area contributed by atoms with Crippen LogP contribution in [0.4, 0.5) is 4.79 Å². The first-order valence-corrected chi connectivity index (χ1v) is 11.7. The van der Waals surface area contributed by atoms with Crippen molar-refractivity contribution < 1.29 is 22.7 Å². The lowest BCUT2D eigenvalue weighted by atomic mass is 10.1. The van der Waals surface area contributed by atoms with Gasteiger partial charge in [0.25, 0.3) is 5.88 Å². The van der Waals surface area contributed by atoms with E-state index in [-0.39, 0.29) is 22.9 Å². The minimum absolute atomic E-state index is 0.0347. The van der Waals surface area contributed by atoms with Gasteiger partial charge < -0.3 is 14.4 Å². The summed E-state index contributed by atoms with van der Waals surface area (Å²) < 4.78 is 35.8. The lowest BCUT2D eigenvalue weighted by Gasteiger charge is -2.31. The number of ether oxygens (including phenoxy) is 2. The second kappa shape index (κ2) is 8.46. The first kappa shape index (κ1) is 21.0. The number of benzene rings is 1. The predicted octanol–water partition coefficient (Wildman–Crippen LogP) is 2.21. The van der Waals surface area contributed by atoms with Crippen molar-refractivity contribution in [3.05, 3.63) is 30.6 Å². The summed E-state index contributed by atoms with van der Waals surface area (Å²) in [6, 6.07) is 6.08. The molecule has 2 aromatic heterocycles. The zero-order chi connectivity index (χ0) is 22.0. The molecule has 12 heteroatoms. The van der Waals surface area contributed by atoms with Crippen LogP contribution < -0.4 is 4.74 Å². The number of piperidine rings is 1. The Hall–Kier alpha value is -3.28. The van der Waals surface area contributed by atoms with Crippen LogP contribution in [-0.4, -0.2) is 70.3 Å². The Bertz CT molecular complexity index is 1190. The van der Waals surface area contributed by atoms with Crippen LogP contribution in [0.2, 0.25) is 0 Å². The summed E-state index contributed by atoms with van der Waals surface area (Å²) in [5, 5.41) is 8.44. The molecule has 11 nitrogen and oxygen atoms in total. The number of aromatic nitrogens is 5. The highest BCUT2D eigenvalue weighted by Crippen LogP contribution is 2.29. The number of hydrogen-bond acceptors (Lipinski definition) is 9. The predicted molar refractivity (Wildman–Crippen MR) is 110 cm³/mol. The van der Waals surface area contributed by atoms with E-state index in [1.807, 2.05) is 0 Å². The van der Waals surface area contributed by atoms with Crippen molar-refractivity contribution in [3.63, 3.8) is 0 Å². The van der Waals surface area contributed by atoms with E-state index < -0.39 is 9.84 Å². The lowest BCUT2D eigenvalue weighted by Crippen LogP contribution is -2.39. The number of hydrogen-bond donors (Lipinski definition) is 0. The maximum atomic E-state index is 11.9. The third-order valence-corrected chi connectivity index (χ3v) is 6.16. The third kappa shape index (κ3) is 4.43. The monoisotopic (exact) mass is 446 g/mol. The summed E-state index contributed by atoms with van der Waals surface area (Å²) in [5.74, 6) is 0.650. The lowest BCUT2D eigenvalue weighted by molar-refractivity contribution is 0.0917. The maximum Gasteiger partial charge on any atom is 0.409 e. The molecule has 1 amide bonds. The smallest absolute Gasteiger partial charge is 0.409 e. The molecule has 0 spiro atoms. The Labute approximate surface area is 178 Å². The molecular weight excluding hydrogens is 424 g/mol. The standard InChI is InChI=1S/C19H22N6O5S/c1-3-29-19(26)24-10-8-13(9-11-24)25-17-16(22-23-25)18(21-12-20-17)30-14-4-6-15(7-5-14)31(2,27)28/h4-7,12-13H,3,8-11H2,1-2H3. The molecule has 0 saturated carbocycles. The number of carbonyl (C=O) groups excluding carboxylic acids is 1. The van der Waals surface area contributed by atoms with E-state index in [1.54, 1.807) is 28.6 Å². The summed E-state index contributed by atoms with van der Waals surface area (Å²) in [5.41, 5.74) is 0.940. The van der Waals surface area contributed by atoms with Gasteiger partial charge in [0.2, 0.25) is 0 Å². The first-order valence-electron chi connectivity index (χ1n) is 9.82. The minimum atomic E-state index is -3.29. The molecule has 1 aromatic carbocycles. The molecule has 1 aliphatic rings. The molecule has 0 atom stereocenters. The number of carbonyl (C=O) groups is 1. The normalized spacial score (nSPS) is 15.2. The fourth-order valence-corrected chi connectivity index (χ4v) is 4.07. The van der Waals surface area contributed by atoms with Crippen LogP contribution in [0.5, 0.6) is 11.6 Å². The number of amides is 1. The van der Waals surface area contributed by atoms with Gasteiger partial charge in [0.1, 0.15) is 12.1 Å². The topological polar surface area (TPSA) is 129 Å². The van der Waals surface area contributed by atoms with Crippen molar-refractivity contribution in [2.45, 2.75) is 30.7 Å². The van der Waals surface area contributed by atoms with Gasteiger partial charge >= 0.3 is 6.09 Å². The molecule has 164 valence electrons. The number of rotatable bonds is 5. The van der Waals surface area contributed by atoms with E-state index >= 15 is 0 Å². The van der Waals surface area contributed by atoms with E-state index in [2.05, 4.69) is 20.3 Å². The number of likely N-dealkylation sites (tertiary alicyclic amines) is 1. The molecule has 0 aliphatic carbocycles. The molecule has 1 aliphatic heterocycles. The first-order chi connectivity index (χ1) is 14.9. The molecule has 0 bridgehead atoms. The molecule has 0 N–H and O–H groups in total. The molecule has 3 aromatic rings. The SMILES string of the molecule is CCOC(=O)N1CCC(n2nnc3c(Oc4ccc(S(C)(=O)=O)cc4)ncnc32)CC1. The van der Waals surface area contributed by atoms with E-state index in [1.165, 1.54) is 18.5 Å². The van der Waals surface area contributed by atoms with Gasteiger partial charge in [-0.05, 0) is 44.0 Å². The fourth-order valence-electron chi connectivity index (χ4n) is 3.44. The maximum absolute atomic E-state index is 11.9. The molecule has 1 saturated heterocycles. The van der Waals surface area contributed by atoms with Crippen molar-refractivity contribution >= 4 is 27.1 Å². The van der Waals surface area contributed by atoms with Gasteiger partial charge in [0.15, 0.2) is 21.0 Å². The van der Waals surface area contributed by atoms with Crippen LogP contribution in [0.25, 0.3) is 11.2 Å². The van der Waals surface area contributed by atoms with Gasteiger partial charge in [-0.15, -0.1) is 5.10 Å². The summed E-state index contributed by atoms with van der Waals surface area (Å²) in [6.07, 6.45) is 3.61. The zero-order valence-corrected chi connectivity index (χ0v) is 17.9. The minimum Gasteiger partial charge on any atom is -0.450 e. The average Bonchev–Trinajstić information content (AvgIpc) is 3.19. The summed E-state index contributed by atoms with van der Waals surface area (Å²) in [7, 11) is -3.29. The van der Waals surface area contributed by atoms with E-state index in [0.29, 0.717) is 49.5 Å². The van der Waals surface area contributed by atoms with Crippen molar-refractivity contribution in [1.29, 1.82) is 0 Å². The Morgan fingerprint density at radius 3 is 2.52 bits per heavy atom. The largest absolute Gasteiger partial charge is 0.450 e. The fraction of sp³-hybridized carbons (Fsp3) is 0.421. The third-order valence-electron chi connectivity index (χ3n) is 5.03. The summed E-state index contributed by atoms with van der Waals surface area (Å²) in [6.45, 7) is 3.26. The van der Waals surface area contributed by atoms with Gasteiger partial charge in [-0.25, -0.2) is 22.9 Å². The molecule has 3 heterocycles. The second-order valence-electron chi connectivity index (χ2n) is 7.15. The van der Waals surface area contributed by atoms with Crippen LogP contribution >= 0.6 is 0 Å². The molecule has 0 radical (unpaired) electrons. The summed E-state index contributed by atoms with van der Waals surface area (Å²) >= 11 is 0. The van der Waals surface area contributed by atoms with Gasteiger partial charge in [0, 0.05) is 19.3 Å². The Morgan fingerprint density at radius 2 is 1.87 bits per heavy atom. The van der Waals surface area contributed by atoms with Crippen molar-refractivity contribution in [1.82, 2.24) is 29.9 Å². The Balaban J connectivity index is 1.52. The van der Waals surface area contributed by atoms with Crippen LogP contribution in [0.15, 0.2) is 35.5 Å². The van der Waals surface area contributed by atoms with Crippen molar-refractivity contribution in [2.75, 3.05) is 26.0 Å². The van der Waals surface area contributed by atoms with Gasteiger partial charge in [0.05, 0.1) is 17.5 Å². The molecule has 0 unspecified atom stereocenters. The second-order valence-corrected chi connectivity index (χ2v) is 9.16. The van der Waals surface area contributed by atoms with Gasteiger partial charge in [-0.3, -0.25) is 0 Å². The van der Waals surface area contributed by atoms with Crippen molar-refractivity contribution in [3.8, 4) is 11.6 Å². The molecule has 31 heavy (non-hydrogen) atoms. The van der Waals surface area contributed by atoms with E-state index in [4.69, 9.17) is 9.47 Å². The van der Waals surface area contributed by atoms with Crippen LogP contribution in [0.3, 0.4) is 0 Å². The van der Waals surface area contributed by atoms with Crippen molar-refractivity contribution in [2.24, 2.45) is 0 Å². The highest BCUT2D eigenvalue weighted by Gasteiger charge is 2.27. The number of nitrogens with zero attached hydrogens (tertiary/aromatic N) is 6. The Morgan fingerprint density at radius 1 is 1.16 bits per heavy atom. The van der Waals surface area contributed by atoms with Gasteiger partial charge in [-0.1, -0.05) is 5.21 Å². The van der Waals surface area contributed by atoms with Crippen LogP contribution in [0.1, 0.15) is 25.8 Å². The van der Waals surface area contributed by atoms with Crippen LogP contribution in [-0.2, 0) is 14.6 Å². The number of sulfone groups is 1. The molecule has 4 rings (SSSR count).